The van der Waals surface area contributed by atoms with Crippen LogP contribution in [0.5, 0.6) is 0 Å². The molecule has 1 aromatic heterocycles. The van der Waals surface area contributed by atoms with E-state index >= 15 is 0 Å². The molecule has 1 aromatic carbocycles. The van der Waals surface area contributed by atoms with Crippen LogP contribution in [0.15, 0.2) is 30.3 Å². The molecule has 1 heterocycles. The molecular formula is C18H21NO. The van der Waals surface area contributed by atoms with Gasteiger partial charge >= 0.3 is 0 Å². The Kier molecular flexibility index (Phi) is 3.56. The fraction of sp³-hybridized carbons (Fsp3) is 0.444. The van der Waals surface area contributed by atoms with Crippen LogP contribution in [0.4, 0.5) is 0 Å². The zero-order valence-electron chi connectivity index (χ0n) is 12.2. The van der Waals surface area contributed by atoms with Crippen molar-refractivity contribution in [2.45, 2.75) is 39.5 Å². The van der Waals surface area contributed by atoms with Crippen LogP contribution in [0.2, 0.25) is 0 Å². The number of Topliss-reactive ketones (excluding diaryl/α,β-unsaturated/α-hetero) is 1. The summed E-state index contributed by atoms with van der Waals surface area (Å²) in [7, 11) is 0. The highest BCUT2D eigenvalue weighted by molar-refractivity contribution is 5.98. The summed E-state index contributed by atoms with van der Waals surface area (Å²) in [6.45, 7) is 4.31. The molecule has 1 fully saturated rings. The van der Waals surface area contributed by atoms with Crippen molar-refractivity contribution in [3.63, 3.8) is 0 Å². The largest absolute Gasteiger partial charge is 0.292 e. The third-order valence-corrected chi connectivity index (χ3v) is 4.48. The minimum atomic E-state index is 0.173. The topological polar surface area (TPSA) is 30.0 Å². The predicted octanol–water partition coefficient (Wildman–Crippen LogP) is 4.55. The van der Waals surface area contributed by atoms with Crippen LogP contribution in [0, 0.1) is 18.8 Å². The van der Waals surface area contributed by atoms with Crippen molar-refractivity contribution in [1.82, 2.24) is 4.98 Å². The smallest absolute Gasteiger partial charge is 0.184 e. The van der Waals surface area contributed by atoms with E-state index in [1.165, 1.54) is 12.8 Å². The first-order chi connectivity index (χ1) is 9.65. The Labute approximate surface area is 120 Å². The summed E-state index contributed by atoms with van der Waals surface area (Å²) in [5, 5.41) is 1.14. The van der Waals surface area contributed by atoms with Gasteiger partial charge < -0.3 is 0 Å². The maximum Gasteiger partial charge on any atom is 0.184 e. The van der Waals surface area contributed by atoms with Crippen molar-refractivity contribution in [2.75, 3.05) is 0 Å². The molecule has 0 bridgehead atoms. The summed E-state index contributed by atoms with van der Waals surface area (Å²) >= 11 is 0. The summed E-state index contributed by atoms with van der Waals surface area (Å²) in [5.41, 5.74) is 2.72. The Morgan fingerprint density at radius 1 is 1.25 bits per heavy atom. The summed E-state index contributed by atoms with van der Waals surface area (Å²) in [5.74, 6) is 1.08. The van der Waals surface area contributed by atoms with E-state index in [0.717, 1.165) is 29.3 Å². The molecule has 1 aliphatic rings. The van der Waals surface area contributed by atoms with E-state index in [4.69, 9.17) is 0 Å². The van der Waals surface area contributed by atoms with E-state index in [2.05, 4.69) is 24.9 Å². The highest BCUT2D eigenvalue weighted by Gasteiger charge is 2.26. The molecule has 2 nitrogen and oxygen atoms in total. The number of para-hydroxylation sites is 1. The van der Waals surface area contributed by atoms with Crippen molar-refractivity contribution in [2.24, 2.45) is 11.8 Å². The number of fused-ring (bicyclic) bond motifs is 1. The first kappa shape index (κ1) is 13.3. The lowest BCUT2D eigenvalue weighted by Gasteiger charge is -2.25. The third kappa shape index (κ3) is 2.47. The highest BCUT2D eigenvalue weighted by atomic mass is 16.1. The number of ketones is 1. The van der Waals surface area contributed by atoms with Gasteiger partial charge in [-0.25, -0.2) is 4.98 Å². The van der Waals surface area contributed by atoms with E-state index in [-0.39, 0.29) is 11.7 Å². The molecule has 0 amide bonds. The van der Waals surface area contributed by atoms with E-state index in [0.29, 0.717) is 11.6 Å². The van der Waals surface area contributed by atoms with Gasteiger partial charge in [0.05, 0.1) is 5.52 Å². The lowest BCUT2D eigenvalue weighted by Crippen LogP contribution is -2.22. The molecule has 0 spiro atoms. The summed E-state index contributed by atoms with van der Waals surface area (Å²) in [6.07, 6.45) is 4.47. The second-order valence-electron chi connectivity index (χ2n) is 6.17. The van der Waals surface area contributed by atoms with Gasteiger partial charge in [0, 0.05) is 11.3 Å². The number of nitrogens with zero attached hydrogens (tertiary/aromatic N) is 1. The van der Waals surface area contributed by atoms with Gasteiger partial charge in [0.1, 0.15) is 5.69 Å². The molecule has 2 unspecified atom stereocenters. The Morgan fingerprint density at radius 3 is 2.85 bits per heavy atom. The molecule has 2 atom stereocenters. The van der Waals surface area contributed by atoms with Gasteiger partial charge in [0.2, 0.25) is 0 Å². The number of aromatic nitrogens is 1. The second-order valence-corrected chi connectivity index (χ2v) is 6.17. The van der Waals surface area contributed by atoms with Crippen molar-refractivity contribution in [3.8, 4) is 0 Å². The Bertz CT molecular complexity index is 647. The zero-order chi connectivity index (χ0) is 14.1. The van der Waals surface area contributed by atoms with Gasteiger partial charge in [0.25, 0.3) is 0 Å². The molecule has 1 aliphatic carbocycles. The van der Waals surface area contributed by atoms with Crippen LogP contribution in [-0.2, 0) is 0 Å². The maximum absolute atomic E-state index is 12.7. The van der Waals surface area contributed by atoms with Crippen LogP contribution in [0.3, 0.4) is 0 Å². The van der Waals surface area contributed by atoms with Crippen LogP contribution < -0.4 is 0 Å². The quantitative estimate of drug-likeness (QED) is 0.747. The van der Waals surface area contributed by atoms with Gasteiger partial charge in [0.15, 0.2) is 5.78 Å². The normalized spacial score (nSPS) is 22.9. The van der Waals surface area contributed by atoms with Crippen molar-refractivity contribution in [1.29, 1.82) is 0 Å². The number of rotatable bonds is 2. The molecular weight excluding hydrogens is 246 g/mol. The number of hydrogen-bond donors (Lipinski definition) is 0. The summed E-state index contributed by atoms with van der Waals surface area (Å²) in [4.78, 5) is 17.3. The first-order valence-corrected chi connectivity index (χ1v) is 7.56. The highest BCUT2D eigenvalue weighted by Crippen LogP contribution is 2.31. The minimum absolute atomic E-state index is 0.173. The lowest BCUT2D eigenvalue weighted by molar-refractivity contribution is 0.0863. The number of benzene rings is 1. The van der Waals surface area contributed by atoms with E-state index in [9.17, 15) is 4.79 Å². The van der Waals surface area contributed by atoms with Gasteiger partial charge in [-0.1, -0.05) is 38.0 Å². The van der Waals surface area contributed by atoms with Crippen molar-refractivity contribution < 1.29 is 4.79 Å². The molecule has 2 heteroatoms. The lowest BCUT2D eigenvalue weighted by atomic mass is 9.79. The Balaban J connectivity index is 1.95. The van der Waals surface area contributed by atoms with E-state index in [1.54, 1.807) is 0 Å². The summed E-state index contributed by atoms with van der Waals surface area (Å²) in [6, 6.07) is 10.0. The van der Waals surface area contributed by atoms with E-state index in [1.807, 2.05) is 24.3 Å². The maximum atomic E-state index is 12.7. The van der Waals surface area contributed by atoms with Crippen LogP contribution in [-0.4, -0.2) is 10.8 Å². The van der Waals surface area contributed by atoms with Crippen molar-refractivity contribution in [3.05, 3.63) is 41.6 Å². The standard InChI is InChI=1S/C18H21NO/c1-12-6-5-7-14(10-12)18(20)17-11-13(2)15-8-3-4-9-16(15)19-17/h3-4,8-9,11-12,14H,5-7,10H2,1-2H3. The SMILES string of the molecule is Cc1cc(C(=O)C2CCCC(C)C2)nc2ccccc12. The molecule has 0 saturated heterocycles. The monoisotopic (exact) mass is 267 g/mol. The number of carbonyl (C=O) groups is 1. The van der Waals surface area contributed by atoms with E-state index < -0.39 is 0 Å². The average molecular weight is 267 g/mol. The fourth-order valence-corrected chi connectivity index (χ4v) is 3.36. The number of hydrogen-bond acceptors (Lipinski definition) is 2. The summed E-state index contributed by atoms with van der Waals surface area (Å²) < 4.78 is 0. The zero-order valence-corrected chi connectivity index (χ0v) is 12.2. The second kappa shape index (κ2) is 5.35. The van der Waals surface area contributed by atoms with Crippen LogP contribution >= 0.6 is 0 Å². The Hall–Kier alpha value is -1.70. The molecule has 1 saturated carbocycles. The van der Waals surface area contributed by atoms with Gasteiger partial charge in [-0.2, -0.15) is 0 Å². The third-order valence-electron chi connectivity index (χ3n) is 4.48. The number of pyridine rings is 1. The predicted molar refractivity (Wildman–Crippen MR) is 81.9 cm³/mol. The van der Waals surface area contributed by atoms with Crippen LogP contribution in [0.1, 0.15) is 48.7 Å². The van der Waals surface area contributed by atoms with Gasteiger partial charge in [-0.3, -0.25) is 4.79 Å². The molecule has 0 radical (unpaired) electrons. The fourth-order valence-electron chi connectivity index (χ4n) is 3.36. The van der Waals surface area contributed by atoms with Gasteiger partial charge in [-0.15, -0.1) is 0 Å². The van der Waals surface area contributed by atoms with Crippen molar-refractivity contribution >= 4 is 16.7 Å². The molecule has 2 aromatic rings. The Morgan fingerprint density at radius 2 is 2.05 bits per heavy atom. The molecule has 3 rings (SSSR count). The molecule has 20 heavy (non-hydrogen) atoms. The molecule has 104 valence electrons. The number of carbonyl (C=O) groups excluding carboxylic acids is 1. The van der Waals surface area contributed by atoms with Crippen LogP contribution in [0.25, 0.3) is 10.9 Å². The number of aryl methyl sites for hydroxylation is 1. The average Bonchev–Trinajstić information content (AvgIpc) is 2.46. The van der Waals surface area contributed by atoms with Gasteiger partial charge in [-0.05, 0) is 43.4 Å². The molecule has 0 N–H and O–H groups in total. The minimum Gasteiger partial charge on any atom is -0.292 e. The molecule has 0 aliphatic heterocycles. The first-order valence-electron chi connectivity index (χ1n) is 7.56.